The lowest BCUT2D eigenvalue weighted by Crippen LogP contribution is -2.45. The molecule has 1 amide bonds. The highest BCUT2D eigenvalue weighted by Gasteiger charge is 2.34. The fraction of sp³-hybridized carbons (Fsp3) is 0.533. The highest BCUT2D eigenvalue weighted by Crippen LogP contribution is 2.33. The molecule has 1 saturated heterocycles. The molecule has 3 rings (SSSR count). The van der Waals surface area contributed by atoms with Crippen LogP contribution in [-0.4, -0.2) is 25.0 Å². The van der Waals surface area contributed by atoms with E-state index in [1.807, 2.05) is 11.0 Å². The van der Waals surface area contributed by atoms with Gasteiger partial charge < -0.3 is 10.2 Å². The molecule has 1 aromatic rings. The van der Waals surface area contributed by atoms with E-state index in [0.29, 0.717) is 11.9 Å². The number of rotatable bonds is 1. The van der Waals surface area contributed by atoms with Crippen molar-refractivity contribution in [2.75, 3.05) is 18.0 Å². The fourth-order valence-corrected chi connectivity index (χ4v) is 3.16. The molecule has 0 aliphatic carbocycles. The van der Waals surface area contributed by atoms with Crippen LogP contribution in [0.1, 0.15) is 25.3 Å². The summed E-state index contributed by atoms with van der Waals surface area (Å²) in [6.45, 7) is 4.04. The van der Waals surface area contributed by atoms with Gasteiger partial charge in [-0.05, 0) is 44.4 Å². The second-order valence-corrected chi connectivity index (χ2v) is 5.43. The Bertz CT molecular complexity index is 457. The van der Waals surface area contributed by atoms with Gasteiger partial charge >= 0.3 is 0 Å². The molecule has 1 aromatic carbocycles. The van der Waals surface area contributed by atoms with E-state index in [1.165, 1.54) is 5.56 Å². The van der Waals surface area contributed by atoms with Gasteiger partial charge in [-0.1, -0.05) is 18.2 Å². The van der Waals surface area contributed by atoms with Crippen LogP contribution in [0.15, 0.2) is 24.3 Å². The molecule has 0 aromatic heterocycles. The molecule has 1 fully saturated rings. The van der Waals surface area contributed by atoms with Crippen molar-refractivity contribution in [2.45, 2.75) is 32.2 Å². The number of halogens is 1. The van der Waals surface area contributed by atoms with E-state index in [-0.39, 0.29) is 18.3 Å². The van der Waals surface area contributed by atoms with Crippen LogP contribution in [0.2, 0.25) is 0 Å². The van der Waals surface area contributed by atoms with Crippen molar-refractivity contribution in [1.82, 2.24) is 5.32 Å². The first kappa shape index (κ1) is 14.4. The quantitative estimate of drug-likeness (QED) is 0.857. The molecule has 0 radical (unpaired) electrons. The largest absolute Gasteiger partial charge is 0.316 e. The lowest BCUT2D eigenvalue weighted by molar-refractivity contribution is -0.123. The summed E-state index contributed by atoms with van der Waals surface area (Å²) in [7, 11) is 0. The maximum atomic E-state index is 12.7. The van der Waals surface area contributed by atoms with Crippen molar-refractivity contribution >= 4 is 24.0 Å². The zero-order chi connectivity index (χ0) is 12.5. The Hall–Kier alpha value is -1.06. The summed E-state index contributed by atoms with van der Waals surface area (Å²) in [5, 5.41) is 3.33. The van der Waals surface area contributed by atoms with Crippen LogP contribution >= 0.6 is 12.4 Å². The van der Waals surface area contributed by atoms with Gasteiger partial charge in [-0.15, -0.1) is 12.4 Å². The predicted molar refractivity (Wildman–Crippen MR) is 79.9 cm³/mol. The van der Waals surface area contributed by atoms with E-state index in [2.05, 4.69) is 30.4 Å². The molecule has 4 heteroatoms. The standard InChI is InChI=1S/C15H20N2O.ClH/c1-11-9-12-5-2-3-7-14(12)17(11)15(18)13-6-4-8-16-10-13;/h2-3,5,7,11,13,16H,4,6,8-10H2,1H3;1H. The molecule has 0 saturated carbocycles. The second-order valence-electron chi connectivity index (χ2n) is 5.43. The number of anilines is 1. The van der Waals surface area contributed by atoms with Crippen LogP contribution in [0.3, 0.4) is 0 Å². The van der Waals surface area contributed by atoms with Gasteiger partial charge in [0.05, 0.1) is 5.92 Å². The maximum Gasteiger partial charge on any atom is 0.231 e. The summed E-state index contributed by atoms with van der Waals surface area (Å²) in [6.07, 6.45) is 3.12. The Labute approximate surface area is 120 Å². The Morgan fingerprint density at radius 1 is 1.37 bits per heavy atom. The van der Waals surface area contributed by atoms with E-state index >= 15 is 0 Å². The first-order valence-electron chi connectivity index (χ1n) is 6.89. The van der Waals surface area contributed by atoms with E-state index < -0.39 is 0 Å². The first-order valence-corrected chi connectivity index (χ1v) is 6.89. The van der Waals surface area contributed by atoms with Crippen molar-refractivity contribution in [3.8, 4) is 0 Å². The van der Waals surface area contributed by atoms with E-state index in [4.69, 9.17) is 0 Å². The van der Waals surface area contributed by atoms with E-state index in [9.17, 15) is 4.79 Å². The molecule has 0 spiro atoms. The molecule has 2 heterocycles. The van der Waals surface area contributed by atoms with Gasteiger partial charge in [-0.2, -0.15) is 0 Å². The lowest BCUT2D eigenvalue weighted by atomic mass is 9.97. The van der Waals surface area contributed by atoms with Crippen LogP contribution in [0.5, 0.6) is 0 Å². The molecule has 2 unspecified atom stereocenters. The predicted octanol–water partition coefficient (Wildman–Crippen LogP) is 2.39. The summed E-state index contributed by atoms with van der Waals surface area (Å²) < 4.78 is 0. The Balaban J connectivity index is 0.00000133. The monoisotopic (exact) mass is 280 g/mol. The number of hydrogen-bond acceptors (Lipinski definition) is 2. The molecular weight excluding hydrogens is 260 g/mol. The Kier molecular flexibility index (Phi) is 4.48. The number of nitrogens with one attached hydrogen (secondary N) is 1. The van der Waals surface area contributed by atoms with Gasteiger partial charge in [-0.3, -0.25) is 4.79 Å². The van der Waals surface area contributed by atoms with E-state index in [1.54, 1.807) is 0 Å². The maximum absolute atomic E-state index is 12.7. The Morgan fingerprint density at radius 3 is 2.89 bits per heavy atom. The molecule has 0 bridgehead atoms. The second kappa shape index (κ2) is 5.93. The summed E-state index contributed by atoms with van der Waals surface area (Å²) in [4.78, 5) is 14.7. The third-order valence-corrected chi connectivity index (χ3v) is 4.09. The van der Waals surface area contributed by atoms with Crippen molar-refractivity contribution < 1.29 is 4.79 Å². The third-order valence-electron chi connectivity index (χ3n) is 4.09. The Morgan fingerprint density at radius 2 is 2.16 bits per heavy atom. The van der Waals surface area contributed by atoms with Gasteiger partial charge in [-0.25, -0.2) is 0 Å². The number of para-hydroxylation sites is 1. The normalized spacial score (nSPS) is 25.6. The van der Waals surface area contributed by atoms with Gasteiger partial charge in [0.15, 0.2) is 0 Å². The molecule has 2 atom stereocenters. The molecule has 2 aliphatic rings. The number of piperidine rings is 1. The highest BCUT2D eigenvalue weighted by atomic mass is 35.5. The van der Waals surface area contributed by atoms with Crippen LogP contribution in [0.25, 0.3) is 0 Å². The van der Waals surface area contributed by atoms with Crippen LogP contribution < -0.4 is 10.2 Å². The minimum atomic E-state index is 0. The van der Waals surface area contributed by atoms with Crippen molar-refractivity contribution in [3.63, 3.8) is 0 Å². The summed E-state index contributed by atoms with van der Waals surface area (Å²) in [5.74, 6) is 0.465. The van der Waals surface area contributed by atoms with Crippen LogP contribution in [0.4, 0.5) is 5.69 Å². The third kappa shape index (κ3) is 2.63. The van der Waals surface area contributed by atoms with Gasteiger partial charge in [0.1, 0.15) is 0 Å². The summed E-state index contributed by atoms with van der Waals surface area (Å²) in [5.41, 5.74) is 2.43. The minimum absolute atomic E-state index is 0. The van der Waals surface area contributed by atoms with Crippen molar-refractivity contribution in [1.29, 1.82) is 0 Å². The molecule has 3 nitrogen and oxygen atoms in total. The number of benzene rings is 1. The number of nitrogens with zero attached hydrogens (tertiary/aromatic N) is 1. The highest BCUT2D eigenvalue weighted by molar-refractivity contribution is 5.97. The van der Waals surface area contributed by atoms with Gasteiger partial charge in [0.25, 0.3) is 0 Å². The van der Waals surface area contributed by atoms with Gasteiger partial charge in [0, 0.05) is 18.3 Å². The molecular formula is C15H21ClN2O. The summed E-state index contributed by atoms with van der Waals surface area (Å²) in [6, 6.07) is 8.60. The van der Waals surface area contributed by atoms with Crippen LogP contribution in [-0.2, 0) is 11.2 Å². The molecule has 1 N–H and O–H groups in total. The topological polar surface area (TPSA) is 32.3 Å². The average Bonchev–Trinajstić information content (AvgIpc) is 2.75. The number of amides is 1. The molecule has 104 valence electrons. The first-order chi connectivity index (χ1) is 8.77. The van der Waals surface area contributed by atoms with Crippen LogP contribution in [0, 0.1) is 5.92 Å². The smallest absolute Gasteiger partial charge is 0.231 e. The average molecular weight is 281 g/mol. The zero-order valence-electron chi connectivity index (χ0n) is 11.3. The van der Waals surface area contributed by atoms with E-state index in [0.717, 1.165) is 38.0 Å². The van der Waals surface area contributed by atoms with Gasteiger partial charge in [0.2, 0.25) is 5.91 Å². The number of hydrogen-bond donors (Lipinski definition) is 1. The number of fused-ring (bicyclic) bond motifs is 1. The zero-order valence-corrected chi connectivity index (χ0v) is 12.1. The number of carbonyl (C=O) groups excluding carboxylic acids is 1. The molecule has 19 heavy (non-hydrogen) atoms. The lowest BCUT2D eigenvalue weighted by Gasteiger charge is -2.30. The summed E-state index contributed by atoms with van der Waals surface area (Å²) >= 11 is 0. The SMILES string of the molecule is CC1Cc2ccccc2N1C(=O)C1CCCNC1.Cl. The molecule has 2 aliphatic heterocycles. The van der Waals surface area contributed by atoms with Crippen molar-refractivity contribution in [2.24, 2.45) is 5.92 Å². The fourth-order valence-electron chi connectivity index (χ4n) is 3.16. The minimum Gasteiger partial charge on any atom is -0.316 e. The van der Waals surface area contributed by atoms with Crippen molar-refractivity contribution in [3.05, 3.63) is 29.8 Å². The number of carbonyl (C=O) groups is 1.